The highest BCUT2D eigenvalue weighted by Gasteiger charge is 1.94. The van der Waals surface area contributed by atoms with Crippen LogP contribution in [0.1, 0.15) is 30.6 Å². The van der Waals surface area contributed by atoms with Crippen LogP contribution < -0.4 is 5.73 Å². The van der Waals surface area contributed by atoms with Gasteiger partial charge in [0.25, 0.3) is 0 Å². The topological polar surface area (TPSA) is 56.0 Å². The molecule has 0 saturated carbocycles. The first-order valence-corrected chi connectivity index (χ1v) is 3.92. The maximum atomic E-state index is 10.4. The van der Waals surface area contributed by atoms with Crippen molar-refractivity contribution in [3.05, 3.63) is 30.1 Å². The highest BCUT2D eigenvalue weighted by molar-refractivity contribution is 5.92. The molecule has 0 aliphatic carbocycles. The molecule has 0 radical (unpaired) electrons. The van der Waals surface area contributed by atoms with Gasteiger partial charge in [0, 0.05) is 12.4 Å². The van der Waals surface area contributed by atoms with Gasteiger partial charge in [-0.25, -0.2) is 0 Å². The predicted molar refractivity (Wildman–Crippen MR) is 48.7 cm³/mol. The summed E-state index contributed by atoms with van der Waals surface area (Å²) in [5.74, 6) is -0.442. The second-order valence-corrected chi connectivity index (χ2v) is 2.31. The van der Waals surface area contributed by atoms with Gasteiger partial charge in [0.2, 0.25) is 5.91 Å². The minimum absolute atomic E-state index is 0.442. The molecule has 1 amide bonds. The molecule has 0 atom stereocenters. The first kappa shape index (κ1) is 10.6. The van der Waals surface area contributed by atoms with Crippen molar-refractivity contribution in [1.82, 2.24) is 4.98 Å². The number of carbonyl (C=O) groups excluding carboxylic acids is 1. The van der Waals surface area contributed by atoms with Gasteiger partial charge in [0.05, 0.1) is 5.56 Å². The summed E-state index contributed by atoms with van der Waals surface area (Å²) in [6, 6.07) is 3.29. The van der Waals surface area contributed by atoms with Gasteiger partial charge in [-0.1, -0.05) is 20.3 Å². The Balaban J connectivity index is 0.000000354. The minimum atomic E-state index is -0.442. The van der Waals surface area contributed by atoms with Crippen LogP contribution in [0.15, 0.2) is 24.5 Å². The zero-order chi connectivity index (χ0) is 9.40. The van der Waals surface area contributed by atoms with Crippen LogP contribution in [0.25, 0.3) is 0 Å². The maximum absolute atomic E-state index is 10.4. The molecule has 0 aliphatic rings. The molecule has 0 spiro atoms. The van der Waals surface area contributed by atoms with E-state index in [0.29, 0.717) is 5.56 Å². The van der Waals surface area contributed by atoms with Crippen molar-refractivity contribution in [2.45, 2.75) is 20.3 Å². The number of nitrogens with zero attached hydrogens (tertiary/aromatic N) is 1. The number of nitrogens with two attached hydrogens (primary N) is 1. The summed E-state index contributed by atoms with van der Waals surface area (Å²) < 4.78 is 0. The monoisotopic (exact) mass is 166 g/mol. The Labute approximate surface area is 72.6 Å². The Kier molecular flexibility index (Phi) is 5.61. The molecular weight excluding hydrogens is 152 g/mol. The first-order chi connectivity index (χ1) is 5.72. The van der Waals surface area contributed by atoms with Crippen LogP contribution in [-0.2, 0) is 0 Å². The van der Waals surface area contributed by atoms with Crippen LogP contribution in [0.2, 0.25) is 0 Å². The molecule has 1 aromatic rings. The number of hydrogen-bond acceptors (Lipinski definition) is 2. The average Bonchev–Trinajstić information content (AvgIpc) is 2.07. The number of carbonyl (C=O) groups is 1. The predicted octanol–water partition coefficient (Wildman–Crippen LogP) is 1.60. The van der Waals surface area contributed by atoms with Crippen LogP contribution in [-0.4, -0.2) is 10.9 Å². The molecule has 12 heavy (non-hydrogen) atoms. The molecule has 0 aromatic carbocycles. The molecule has 1 aromatic heterocycles. The SMILES string of the molecule is CCC.NC(=O)c1cccnc1. The Hall–Kier alpha value is -1.38. The van der Waals surface area contributed by atoms with Gasteiger partial charge in [-0.3, -0.25) is 9.78 Å². The van der Waals surface area contributed by atoms with E-state index in [0.717, 1.165) is 0 Å². The minimum Gasteiger partial charge on any atom is -0.366 e. The summed E-state index contributed by atoms with van der Waals surface area (Å²) in [6.45, 7) is 4.25. The Morgan fingerprint density at radius 2 is 2.17 bits per heavy atom. The van der Waals surface area contributed by atoms with Crippen molar-refractivity contribution in [3.63, 3.8) is 0 Å². The summed E-state index contributed by atoms with van der Waals surface area (Å²) in [5, 5.41) is 0. The van der Waals surface area contributed by atoms with Gasteiger partial charge in [-0.05, 0) is 12.1 Å². The average molecular weight is 166 g/mol. The normalized spacial score (nSPS) is 8.17. The highest BCUT2D eigenvalue weighted by Crippen LogP contribution is 1.91. The van der Waals surface area contributed by atoms with E-state index in [4.69, 9.17) is 5.73 Å². The zero-order valence-electron chi connectivity index (χ0n) is 7.45. The van der Waals surface area contributed by atoms with E-state index in [1.165, 1.54) is 12.6 Å². The fraction of sp³-hybridized carbons (Fsp3) is 0.333. The van der Waals surface area contributed by atoms with Crippen molar-refractivity contribution in [3.8, 4) is 0 Å². The van der Waals surface area contributed by atoms with Crippen LogP contribution in [0.5, 0.6) is 0 Å². The van der Waals surface area contributed by atoms with Gasteiger partial charge in [0.1, 0.15) is 0 Å². The van der Waals surface area contributed by atoms with Gasteiger partial charge in [-0.2, -0.15) is 0 Å². The van der Waals surface area contributed by atoms with E-state index in [-0.39, 0.29) is 0 Å². The van der Waals surface area contributed by atoms with E-state index in [1.54, 1.807) is 18.3 Å². The van der Waals surface area contributed by atoms with Crippen molar-refractivity contribution < 1.29 is 4.79 Å². The summed E-state index contributed by atoms with van der Waals surface area (Å²) in [6.07, 6.45) is 4.27. The van der Waals surface area contributed by atoms with Gasteiger partial charge in [-0.15, -0.1) is 0 Å². The van der Waals surface area contributed by atoms with Crippen LogP contribution in [0.4, 0.5) is 0 Å². The number of pyridine rings is 1. The number of primary amides is 1. The van der Waals surface area contributed by atoms with Crippen LogP contribution in [0.3, 0.4) is 0 Å². The van der Waals surface area contributed by atoms with Gasteiger partial charge in [0.15, 0.2) is 0 Å². The third kappa shape index (κ3) is 4.44. The number of rotatable bonds is 1. The Morgan fingerprint density at radius 3 is 2.42 bits per heavy atom. The van der Waals surface area contributed by atoms with Crippen molar-refractivity contribution in [1.29, 1.82) is 0 Å². The molecular formula is C9H14N2O. The molecule has 1 rings (SSSR count). The van der Waals surface area contributed by atoms with E-state index < -0.39 is 5.91 Å². The Bertz CT molecular complexity index is 221. The summed E-state index contributed by atoms with van der Waals surface area (Å²) in [4.78, 5) is 14.1. The molecule has 0 aliphatic heterocycles. The fourth-order valence-corrected chi connectivity index (χ4v) is 0.509. The lowest BCUT2D eigenvalue weighted by atomic mass is 10.3. The van der Waals surface area contributed by atoms with E-state index in [2.05, 4.69) is 18.8 Å². The zero-order valence-corrected chi connectivity index (χ0v) is 7.45. The first-order valence-electron chi connectivity index (χ1n) is 3.92. The number of aromatic nitrogens is 1. The van der Waals surface area contributed by atoms with Gasteiger partial charge < -0.3 is 5.73 Å². The smallest absolute Gasteiger partial charge is 0.250 e. The number of hydrogen-bond donors (Lipinski definition) is 1. The molecule has 3 heteroatoms. The molecule has 66 valence electrons. The summed E-state index contributed by atoms with van der Waals surface area (Å²) in [5.41, 5.74) is 5.38. The van der Waals surface area contributed by atoms with Crippen molar-refractivity contribution in [2.24, 2.45) is 5.73 Å². The van der Waals surface area contributed by atoms with Gasteiger partial charge >= 0.3 is 0 Å². The maximum Gasteiger partial charge on any atom is 0.250 e. The molecule has 0 bridgehead atoms. The lowest BCUT2D eigenvalue weighted by Crippen LogP contribution is -2.10. The van der Waals surface area contributed by atoms with Crippen molar-refractivity contribution >= 4 is 5.91 Å². The summed E-state index contributed by atoms with van der Waals surface area (Å²) >= 11 is 0. The third-order valence-corrected chi connectivity index (χ3v) is 0.946. The molecule has 0 saturated heterocycles. The summed E-state index contributed by atoms with van der Waals surface area (Å²) in [7, 11) is 0. The fourth-order valence-electron chi connectivity index (χ4n) is 0.509. The second kappa shape index (κ2) is 6.34. The quantitative estimate of drug-likeness (QED) is 0.688. The van der Waals surface area contributed by atoms with E-state index in [1.807, 2.05) is 0 Å². The second-order valence-electron chi connectivity index (χ2n) is 2.31. The standard InChI is InChI=1S/C6H6N2O.C3H8/c7-6(9)5-2-1-3-8-4-5;1-3-2/h1-4H,(H2,7,9);3H2,1-2H3. The van der Waals surface area contributed by atoms with E-state index in [9.17, 15) is 4.79 Å². The van der Waals surface area contributed by atoms with Crippen LogP contribution >= 0.6 is 0 Å². The molecule has 1 heterocycles. The third-order valence-electron chi connectivity index (χ3n) is 0.946. The lowest BCUT2D eigenvalue weighted by Gasteiger charge is -1.88. The van der Waals surface area contributed by atoms with Crippen LogP contribution in [0, 0.1) is 0 Å². The highest BCUT2D eigenvalue weighted by atomic mass is 16.1. The van der Waals surface area contributed by atoms with E-state index >= 15 is 0 Å². The number of amides is 1. The van der Waals surface area contributed by atoms with Crippen molar-refractivity contribution in [2.75, 3.05) is 0 Å². The molecule has 2 N–H and O–H groups in total. The lowest BCUT2D eigenvalue weighted by molar-refractivity contribution is 0.1000. The molecule has 0 unspecified atom stereocenters. The molecule has 3 nitrogen and oxygen atoms in total. The largest absolute Gasteiger partial charge is 0.366 e. The molecule has 0 fully saturated rings. The Morgan fingerprint density at radius 1 is 1.58 bits per heavy atom.